The lowest BCUT2D eigenvalue weighted by atomic mass is 9.94. The van der Waals surface area contributed by atoms with Crippen molar-refractivity contribution in [1.29, 1.82) is 0 Å². The van der Waals surface area contributed by atoms with E-state index in [1.165, 1.54) is 34.3 Å². The van der Waals surface area contributed by atoms with E-state index in [0.717, 1.165) is 12.0 Å². The molecule has 2 amide bonds. The van der Waals surface area contributed by atoms with Crippen molar-refractivity contribution in [2.75, 3.05) is 7.05 Å². The number of fused-ring (bicyclic) bond motifs is 4. The largest absolute Gasteiger partial charge is 0.338 e. The van der Waals surface area contributed by atoms with E-state index in [0.29, 0.717) is 13.1 Å². The minimum absolute atomic E-state index is 0.108. The fourth-order valence-electron chi connectivity index (χ4n) is 4.66. The minimum Gasteiger partial charge on any atom is -0.338 e. The summed E-state index contributed by atoms with van der Waals surface area (Å²) in [7, 11) is 1.89. The minimum atomic E-state index is -0.222. The molecule has 0 aliphatic carbocycles. The molecule has 0 bridgehead atoms. The highest BCUT2D eigenvalue weighted by Gasteiger charge is 2.45. The number of nitrogens with zero attached hydrogens (tertiary/aromatic N) is 3. The van der Waals surface area contributed by atoms with Crippen molar-refractivity contribution in [2.24, 2.45) is 0 Å². The molecule has 2 aliphatic heterocycles. The number of amides is 2. The van der Waals surface area contributed by atoms with E-state index in [2.05, 4.69) is 35.8 Å². The van der Waals surface area contributed by atoms with Crippen molar-refractivity contribution in [1.82, 2.24) is 14.4 Å². The number of hydrogen-bond acceptors (Lipinski definition) is 1. The first kappa shape index (κ1) is 16.4. The van der Waals surface area contributed by atoms with Gasteiger partial charge in [-0.2, -0.15) is 0 Å². The average molecular weight is 363 g/mol. The topological polar surface area (TPSA) is 28.5 Å². The smallest absolute Gasteiger partial charge is 0.320 e. The summed E-state index contributed by atoms with van der Waals surface area (Å²) in [5.41, 5.74) is 4.79. The number of likely N-dealkylation sites (N-methyl/N-ethyl adjacent to an activating group) is 1. The number of urea groups is 1. The summed E-state index contributed by atoms with van der Waals surface area (Å²) in [6.45, 7) is 3.43. The molecule has 0 spiro atoms. The Balaban J connectivity index is 1.63. The van der Waals surface area contributed by atoms with E-state index < -0.39 is 0 Å². The van der Waals surface area contributed by atoms with Crippen LogP contribution in [0.15, 0.2) is 48.5 Å². The van der Waals surface area contributed by atoms with Gasteiger partial charge in [0.15, 0.2) is 0 Å². The van der Waals surface area contributed by atoms with Crippen LogP contribution in [0.3, 0.4) is 0 Å². The van der Waals surface area contributed by atoms with Crippen molar-refractivity contribution in [2.45, 2.75) is 38.5 Å². The van der Waals surface area contributed by atoms with Crippen LogP contribution in [0.1, 0.15) is 23.7 Å². The first-order valence-corrected chi connectivity index (χ1v) is 9.41. The highest BCUT2D eigenvalue weighted by atomic mass is 19.1. The summed E-state index contributed by atoms with van der Waals surface area (Å²) in [4.78, 5) is 16.5. The highest BCUT2D eigenvalue weighted by Crippen LogP contribution is 2.37. The average Bonchev–Trinajstić information content (AvgIpc) is 3.10. The van der Waals surface area contributed by atoms with E-state index in [1.54, 1.807) is 0 Å². The predicted octanol–water partition coefficient (Wildman–Crippen LogP) is 4.01. The quantitative estimate of drug-likeness (QED) is 0.676. The van der Waals surface area contributed by atoms with Crippen molar-refractivity contribution in [3.63, 3.8) is 0 Å². The third-order valence-corrected chi connectivity index (χ3v) is 6.30. The lowest BCUT2D eigenvalue weighted by molar-refractivity contribution is 0.183. The first-order valence-electron chi connectivity index (χ1n) is 9.41. The van der Waals surface area contributed by atoms with Crippen LogP contribution >= 0.6 is 0 Å². The summed E-state index contributed by atoms with van der Waals surface area (Å²) in [6.07, 6.45) is 0.878. The summed E-state index contributed by atoms with van der Waals surface area (Å²) in [6, 6.07) is 15.7. The van der Waals surface area contributed by atoms with Gasteiger partial charge in [0.05, 0.1) is 18.6 Å². The standard InChI is InChI=1S/C22H22FN3O/c1-14-20-11-18-17-5-3-4-6-19(17)25(12-15-7-9-16(23)10-8-15)21(18)13-26(20)22(27)24(14)2/h3-10,14,20H,11-13H2,1-2H3. The van der Waals surface area contributed by atoms with Gasteiger partial charge in [-0.3, -0.25) is 0 Å². The van der Waals surface area contributed by atoms with Gasteiger partial charge in [0.2, 0.25) is 0 Å². The summed E-state index contributed by atoms with van der Waals surface area (Å²) in [5.74, 6) is -0.222. The maximum atomic E-state index is 13.3. The first-order chi connectivity index (χ1) is 13.0. The summed E-state index contributed by atoms with van der Waals surface area (Å²) in [5, 5.41) is 1.27. The lowest BCUT2D eigenvalue weighted by Crippen LogP contribution is -2.41. The van der Waals surface area contributed by atoms with Gasteiger partial charge in [-0.1, -0.05) is 30.3 Å². The number of rotatable bonds is 2. The van der Waals surface area contributed by atoms with Crippen LogP contribution in [0.4, 0.5) is 9.18 Å². The van der Waals surface area contributed by atoms with E-state index in [9.17, 15) is 9.18 Å². The molecule has 2 atom stereocenters. The molecular weight excluding hydrogens is 341 g/mol. The maximum absolute atomic E-state index is 13.3. The maximum Gasteiger partial charge on any atom is 0.320 e. The molecule has 1 aromatic heterocycles. The number of halogens is 1. The second-order valence-electron chi connectivity index (χ2n) is 7.69. The van der Waals surface area contributed by atoms with Crippen molar-refractivity contribution >= 4 is 16.9 Å². The Morgan fingerprint density at radius 1 is 1.11 bits per heavy atom. The molecule has 138 valence electrons. The zero-order valence-electron chi connectivity index (χ0n) is 15.5. The van der Waals surface area contributed by atoms with E-state index in [-0.39, 0.29) is 23.9 Å². The van der Waals surface area contributed by atoms with E-state index in [4.69, 9.17) is 0 Å². The molecule has 5 heteroatoms. The molecule has 27 heavy (non-hydrogen) atoms. The predicted molar refractivity (Wildman–Crippen MR) is 103 cm³/mol. The highest BCUT2D eigenvalue weighted by molar-refractivity contribution is 5.87. The third kappa shape index (κ3) is 2.37. The van der Waals surface area contributed by atoms with Crippen LogP contribution < -0.4 is 0 Å². The van der Waals surface area contributed by atoms with Crippen LogP contribution in [0, 0.1) is 5.82 Å². The number of benzene rings is 2. The Morgan fingerprint density at radius 2 is 1.85 bits per heavy atom. The molecule has 0 N–H and O–H groups in total. The Hall–Kier alpha value is -2.82. The van der Waals surface area contributed by atoms with E-state index in [1.807, 2.05) is 29.0 Å². The molecule has 3 aromatic rings. The Bertz CT molecular complexity index is 1040. The monoisotopic (exact) mass is 363 g/mol. The van der Waals surface area contributed by atoms with Gasteiger partial charge in [0.25, 0.3) is 0 Å². The SMILES string of the molecule is CC1C2Cc3c(n(Cc4ccc(F)cc4)c4ccccc34)CN2C(=O)N1C. The molecule has 2 aromatic carbocycles. The molecule has 3 heterocycles. The number of hydrogen-bond donors (Lipinski definition) is 0. The number of aromatic nitrogens is 1. The van der Waals surface area contributed by atoms with Gasteiger partial charge in [-0.15, -0.1) is 0 Å². The molecule has 2 aliphatic rings. The fraction of sp³-hybridized carbons (Fsp3) is 0.318. The van der Waals surface area contributed by atoms with Crippen LogP contribution in [0.5, 0.6) is 0 Å². The molecular formula is C22H22FN3O. The van der Waals surface area contributed by atoms with Crippen LogP contribution in [0.2, 0.25) is 0 Å². The summed E-state index contributed by atoms with van der Waals surface area (Å²) >= 11 is 0. The van der Waals surface area contributed by atoms with Gasteiger partial charge < -0.3 is 14.4 Å². The number of carbonyl (C=O) groups is 1. The molecule has 1 fully saturated rings. The van der Waals surface area contributed by atoms with Crippen LogP contribution in [-0.4, -0.2) is 39.5 Å². The third-order valence-electron chi connectivity index (χ3n) is 6.30. The normalized spacial score (nSPS) is 21.7. The van der Waals surface area contributed by atoms with Gasteiger partial charge in [0, 0.05) is 30.2 Å². The molecule has 0 radical (unpaired) electrons. The molecule has 4 nitrogen and oxygen atoms in total. The lowest BCUT2D eigenvalue weighted by Gasteiger charge is -2.31. The number of para-hydroxylation sites is 1. The van der Waals surface area contributed by atoms with Crippen molar-refractivity contribution in [3.05, 3.63) is 71.2 Å². The van der Waals surface area contributed by atoms with E-state index >= 15 is 0 Å². The van der Waals surface area contributed by atoms with Crippen LogP contribution in [0.25, 0.3) is 10.9 Å². The molecule has 2 unspecified atom stereocenters. The second-order valence-corrected chi connectivity index (χ2v) is 7.69. The van der Waals surface area contributed by atoms with Gasteiger partial charge >= 0.3 is 6.03 Å². The second kappa shape index (κ2) is 5.84. The van der Waals surface area contributed by atoms with Gasteiger partial charge in [-0.05, 0) is 42.7 Å². The van der Waals surface area contributed by atoms with Crippen molar-refractivity contribution in [3.8, 4) is 0 Å². The number of carbonyl (C=O) groups excluding carboxylic acids is 1. The van der Waals surface area contributed by atoms with Crippen LogP contribution in [-0.2, 0) is 19.5 Å². The zero-order chi connectivity index (χ0) is 18.7. The fourth-order valence-corrected chi connectivity index (χ4v) is 4.66. The van der Waals surface area contributed by atoms with Gasteiger partial charge in [0.1, 0.15) is 5.82 Å². The molecule has 5 rings (SSSR count). The Labute approximate surface area is 157 Å². The molecule has 0 saturated carbocycles. The Kier molecular flexibility index (Phi) is 3.54. The summed E-state index contributed by atoms with van der Waals surface area (Å²) < 4.78 is 15.6. The molecule has 1 saturated heterocycles. The van der Waals surface area contributed by atoms with Gasteiger partial charge in [-0.25, -0.2) is 9.18 Å². The van der Waals surface area contributed by atoms with Crippen molar-refractivity contribution < 1.29 is 9.18 Å². The zero-order valence-corrected chi connectivity index (χ0v) is 15.5. The Morgan fingerprint density at radius 3 is 2.63 bits per heavy atom.